The van der Waals surface area contributed by atoms with Gasteiger partial charge < -0.3 is 19.3 Å². The molecule has 8 heteroatoms. The molecule has 1 amide bonds. The van der Waals surface area contributed by atoms with Gasteiger partial charge in [0.25, 0.3) is 0 Å². The minimum atomic E-state index is -1.02. The topological polar surface area (TPSA) is 103 Å². The maximum Gasteiger partial charge on any atom is 0.431 e. The fourth-order valence-electron chi connectivity index (χ4n) is 0.889. The van der Waals surface area contributed by atoms with Crippen LogP contribution in [0.1, 0.15) is 20.8 Å². The quantitative estimate of drug-likeness (QED) is 0.469. The molecule has 112 valence electrons. The van der Waals surface area contributed by atoms with Crippen LogP contribution in [0, 0.1) is 0 Å². The smallest absolute Gasteiger partial charge is 0.431 e. The van der Waals surface area contributed by atoms with Crippen molar-refractivity contribution in [2.45, 2.75) is 26.4 Å². The average molecular weight is 279 g/mol. The normalized spacial score (nSPS) is 11.1. The van der Waals surface area contributed by atoms with Crippen LogP contribution in [0.4, 0.5) is 4.79 Å². The molecule has 0 aromatic rings. The van der Waals surface area contributed by atoms with Gasteiger partial charge in [-0.05, 0) is 20.8 Å². The van der Waals surface area contributed by atoms with Crippen LogP contribution in [-0.4, -0.2) is 55.8 Å². The first-order valence-corrected chi connectivity index (χ1v) is 5.79. The van der Waals surface area contributed by atoms with Crippen molar-refractivity contribution in [3.05, 3.63) is 0 Å². The molecular weight excluding hydrogens is 258 g/mol. The number of ether oxygens (including phenoxy) is 3. The number of carbonyl (C=O) groups excluding carboxylic acids is 1. The number of carboxylic acids is 1. The van der Waals surface area contributed by atoms with Crippen LogP contribution < -0.4 is 5.48 Å². The van der Waals surface area contributed by atoms with E-state index >= 15 is 0 Å². The molecule has 0 aliphatic carbocycles. The summed E-state index contributed by atoms with van der Waals surface area (Å²) in [6.07, 6.45) is -0.669. The predicted octanol–water partition coefficient (Wildman–Crippen LogP) is 0.560. The maximum atomic E-state index is 11.1. The summed E-state index contributed by atoms with van der Waals surface area (Å²) in [6, 6.07) is 0. The Morgan fingerprint density at radius 2 is 1.63 bits per heavy atom. The van der Waals surface area contributed by atoms with Gasteiger partial charge in [0.15, 0.2) is 0 Å². The van der Waals surface area contributed by atoms with E-state index in [4.69, 9.17) is 24.2 Å². The highest BCUT2D eigenvalue weighted by Gasteiger charge is 2.15. The van der Waals surface area contributed by atoms with E-state index in [0.717, 1.165) is 0 Å². The zero-order chi connectivity index (χ0) is 14.7. The Kier molecular flexibility index (Phi) is 8.84. The van der Waals surface area contributed by atoms with Crippen molar-refractivity contribution in [2.75, 3.05) is 33.0 Å². The Labute approximate surface area is 111 Å². The fourth-order valence-corrected chi connectivity index (χ4v) is 0.889. The van der Waals surface area contributed by atoms with Crippen LogP contribution in [0.15, 0.2) is 0 Å². The van der Waals surface area contributed by atoms with Crippen molar-refractivity contribution in [3.63, 3.8) is 0 Å². The minimum Gasteiger partial charge on any atom is -0.480 e. The van der Waals surface area contributed by atoms with Crippen LogP contribution in [-0.2, 0) is 23.8 Å². The Hall–Kier alpha value is -1.38. The molecule has 0 saturated heterocycles. The van der Waals surface area contributed by atoms with Gasteiger partial charge in [0, 0.05) is 0 Å². The van der Waals surface area contributed by atoms with E-state index in [1.165, 1.54) is 0 Å². The van der Waals surface area contributed by atoms with Crippen LogP contribution in [0.3, 0.4) is 0 Å². The lowest BCUT2D eigenvalue weighted by atomic mass is 10.2. The zero-order valence-electron chi connectivity index (χ0n) is 11.4. The first-order chi connectivity index (χ1) is 8.81. The van der Waals surface area contributed by atoms with Crippen LogP contribution >= 0.6 is 0 Å². The number of aliphatic carboxylic acids is 1. The number of hydrogen-bond acceptors (Lipinski definition) is 6. The third-order valence-electron chi connectivity index (χ3n) is 1.48. The van der Waals surface area contributed by atoms with Crippen molar-refractivity contribution >= 4 is 12.1 Å². The lowest BCUT2D eigenvalue weighted by Gasteiger charge is -2.19. The molecule has 0 aliphatic rings. The average Bonchev–Trinajstić information content (AvgIpc) is 2.24. The summed E-state index contributed by atoms with van der Waals surface area (Å²) in [7, 11) is 0. The number of hydrogen-bond donors (Lipinski definition) is 2. The number of nitrogens with one attached hydrogen (secondary N) is 1. The molecule has 2 N–H and O–H groups in total. The Morgan fingerprint density at radius 3 is 2.21 bits per heavy atom. The summed E-state index contributed by atoms with van der Waals surface area (Å²) in [5, 5.41) is 8.28. The summed E-state index contributed by atoms with van der Waals surface area (Å²) in [5.74, 6) is -1.02. The summed E-state index contributed by atoms with van der Waals surface area (Å²) < 4.78 is 14.7. The Balaban J connectivity index is 3.27. The highest BCUT2D eigenvalue weighted by molar-refractivity contribution is 5.68. The highest BCUT2D eigenvalue weighted by Crippen LogP contribution is 2.06. The van der Waals surface area contributed by atoms with E-state index in [2.05, 4.69) is 5.48 Å². The second-order valence-corrected chi connectivity index (χ2v) is 4.51. The van der Waals surface area contributed by atoms with E-state index in [9.17, 15) is 9.59 Å². The van der Waals surface area contributed by atoms with E-state index in [1.54, 1.807) is 20.8 Å². The first-order valence-electron chi connectivity index (χ1n) is 5.79. The molecule has 8 nitrogen and oxygen atoms in total. The SMILES string of the molecule is CC(C)(C)OC(=O)NOCCOCCOCC(=O)O. The molecule has 0 aromatic carbocycles. The van der Waals surface area contributed by atoms with Crippen LogP contribution in [0.2, 0.25) is 0 Å². The van der Waals surface area contributed by atoms with Gasteiger partial charge in [-0.25, -0.2) is 9.59 Å². The Bertz CT molecular complexity index is 275. The molecule has 0 saturated carbocycles. The van der Waals surface area contributed by atoms with Gasteiger partial charge in [-0.1, -0.05) is 0 Å². The molecule has 0 aliphatic heterocycles. The third kappa shape index (κ3) is 14.6. The van der Waals surface area contributed by atoms with Crippen molar-refractivity contribution in [1.82, 2.24) is 5.48 Å². The van der Waals surface area contributed by atoms with Gasteiger partial charge in [-0.2, -0.15) is 5.48 Å². The van der Waals surface area contributed by atoms with Crippen molar-refractivity contribution in [2.24, 2.45) is 0 Å². The monoisotopic (exact) mass is 279 g/mol. The van der Waals surface area contributed by atoms with Gasteiger partial charge in [0.2, 0.25) is 0 Å². The minimum absolute atomic E-state index is 0.151. The molecule has 0 unspecified atom stereocenters. The maximum absolute atomic E-state index is 11.1. The molecular formula is C11H21NO7. The number of amides is 1. The molecule has 19 heavy (non-hydrogen) atoms. The first kappa shape index (κ1) is 17.6. The standard InChI is InChI=1S/C11H21NO7/c1-11(2,3)19-10(15)12-18-7-6-16-4-5-17-8-9(13)14/h4-8H2,1-3H3,(H,12,15)(H,13,14). The molecule has 0 heterocycles. The summed E-state index contributed by atoms with van der Waals surface area (Å²) >= 11 is 0. The lowest BCUT2D eigenvalue weighted by molar-refractivity contribution is -0.142. The summed E-state index contributed by atoms with van der Waals surface area (Å²) in [5.41, 5.74) is 1.53. The molecule has 0 atom stereocenters. The molecule has 0 bridgehead atoms. The highest BCUT2D eigenvalue weighted by atomic mass is 16.7. The number of carbonyl (C=O) groups is 2. The molecule has 0 rings (SSSR count). The van der Waals surface area contributed by atoms with Gasteiger partial charge in [-0.3, -0.25) is 4.84 Å². The van der Waals surface area contributed by atoms with Crippen molar-refractivity contribution in [1.29, 1.82) is 0 Å². The van der Waals surface area contributed by atoms with Crippen LogP contribution in [0.5, 0.6) is 0 Å². The van der Waals surface area contributed by atoms with Gasteiger partial charge >= 0.3 is 12.1 Å². The summed E-state index contributed by atoms with van der Waals surface area (Å²) in [4.78, 5) is 26.0. The molecule has 0 aromatic heterocycles. The Morgan fingerprint density at radius 1 is 1.05 bits per heavy atom. The van der Waals surface area contributed by atoms with E-state index in [0.29, 0.717) is 0 Å². The van der Waals surface area contributed by atoms with E-state index < -0.39 is 17.7 Å². The van der Waals surface area contributed by atoms with Crippen molar-refractivity contribution in [3.8, 4) is 0 Å². The zero-order valence-corrected chi connectivity index (χ0v) is 11.4. The third-order valence-corrected chi connectivity index (χ3v) is 1.48. The lowest BCUT2D eigenvalue weighted by Crippen LogP contribution is -2.33. The molecule has 0 radical (unpaired) electrons. The largest absolute Gasteiger partial charge is 0.480 e. The molecule has 0 fully saturated rings. The number of rotatable bonds is 9. The van der Waals surface area contributed by atoms with Gasteiger partial charge in [0.1, 0.15) is 12.2 Å². The van der Waals surface area contributed by atoms with E-state index in [-0.39, 0.29) is 33.0 Å². The van der Waals surface area contributed by atoms with Crippen LogP contribution in [0.25, 0.3) is 0 Å². The van der Waals surface area contributed by atoms with Crippen molar-refractivity contribution < 1.29 is 33.7 Å². The molecule has 0 spiro atoms. The second-order valence-electron chi connectivity index (χ2n) is 4.51. The number of carboxylic acid groups (broad SMARTS) is 1. The van der Waals surface area contributed by atoms with Gasteiger partial charge in [-0.15, -0.1) is 0 Å². The second kappa shape index (κ2) is 9.54. The van der Waals surface area contributed by atoms with Gasteiger partial charge in [0.05, 0.1) is 26.4 Å². The number of hydroxylamine groups is 1. The fraction of sp³-hybridized carbons (Fsp3) is 0.818. The summed E-state index contributed by atoms with van der Waals surface area (Å²) in [6.45, 7) is 5.71. The van der Waals surface area contributed by atoms with E-state index in [1.807, 2.05) is 0 Å². The predicted molar refractivity (Wildman–Crippen MR) is 64.6 cm³/mol.